The molecule has 0 saturated carbocycles. The number of rotatable bonds is 3. The molecule has 0 amide bonds. The average Bonchev–Trinajstić information content (AvgIpc) is 1.96. The largest absolute Gasteiger partial charge is 0.443 e. The predicted molar refractivity (Wildman–Crippen MR) is 71.7 cm³/mol. The Morgan fingerprint density at radius 3 is 1.71 bits per heavy atom. The van der Waals surface area contributed by atoms with Crippen molar-refractivity contribution in [1.29, 1.82) is 0 Å². The van der Waals surface area contributed by atoms with E-state index < -0.39 is 0 Å². The Bertz CT molecular complexity index is 280. The molecule has 0 aliphatic rings. The van der Waals surface area contributed by atoms with Gasteiger partial charge in [-0.3, -0.25) is 4.90 Å². The topological polar surface area (TPSA) is 29.5 Å². The molecule has 0 heterocycles. The van der Waals surface area contributed by atoms with Gasteiger partial charge in [0.15, 0.2) is 6.23 Å². The van der Waals surface area contributed by atoms with Crippen LogP contribution in [0.4, 0.5) is 0 Å². The first-order valence-corrected chi connectivity index (χ1v) is 6.03. The van der Waals surface area contributed by atoms with Gasteiger partial charge in [-0.2, -0.15) is 0 Å². The Hall–Kier alpha value is -0.830. The van der Waals surface area contributed by atoms with Gasteiger partial charge >= 0.3 is 5.97 Å². The van der Waals surface area contributed by atoms with Gasteiger partial charge in [0.2, 0.25) is 0 Å². The summed E-state index contributed by atoms with van der Waals surface area (Å²) in [5.74, 6) is -0.337. The van der Waals surface area contributed by atoms with Crippen molar-refractivity contribution < 1.29 is 9.53 Å². The molecule has 0 radical (unpaired) electrons. The van der Waals surface area contributed by atoms with Crippen molar-refractivity contribution in [3.8, 4) is 0 Å². The zero-order valence-electron chi connectivity index (χ0n) is 12.5. The highest BCUT2D eigenvalue weighted by molar-refractivity contribution is 5.87. The lowest BCUT2D eigenvalue weighted by atomic mass is 9.95. The fourth-order valence-corrected chi connectivity index (χ4v) is 2.41. The Labute approximate surface area is 106 Å². The van der Waals surface area contributed by atoms with E-state index >= 15 is 0 Å². The highest BCUT2D eigenvalue weighted by Gasteiger charge is 2.36. The van der Waals surface area contributed by atoms with Crippen LogP contribution in [0.5, 0.6) is 0 Å². The predicted octanol–water partition coefficient (Wildman–Crippen LogP) is 3.35. The maximum Gasteiger partial charge on any atom is 0.334 e. The maximum absolute atomic E-state index is 11.6. The van der Waals surface area contributed by atoms with E-state index in [1.54, 1.807) is 6.92 Å². The molecule has 0 aromatic carbocycles. The van der Waals surface area contributed by atoms with Crippen LogP contribution in [0.3, 0.4) is 0 Å². The number of carbonyl (C=O) groups excluding carboxylic acids is 1. The van der Waals surface area contributed by atoms with E-state index in [1.165, 1.54) is 0 Å². The Kier molecular flexibility index (Phi) is 4.96. The Morgan fingerprint density at radius 1 is 1.12 bits per heavy atom. The van der Waals surface area contributed by atoms with Gasteiger partial charge in [-0.15, -0.1) is 0 Å². The fourth-order valence-electron chi connectivity index (χ4n) is 2.41. The molecule has 0 fully saturated rings. The molecule has 3 heteroatoms. The first kappa shape index (κ1) is 16.2. The van der Waals surface area contributed by atoms with Gasteiger partial charge in [0.1, 0.15) is 0 Å². The Balaban J connectivity index is 4.97. The molecule has 0 aliphatic carbocycles. The molecule has 0 bridgehead atoms. The first-order valence-electron chi connectivity index (χ1n) is 6.03. The van der Waals surface area contributed by atoms with E-state index in [2.05, 4.69) is 53.0 Å². The molecule has 1 atom stereocenters. The zero-order chi connectivity index (χ0) is 14.0. The molecule has 1 unspecified atom stereocenters. The van der Waals surface area contributed by atoms with Gasteiger partial charge in [-0.05, 0) is 55.4 Å². The summed E-state index contributed by atoms with van der Waals surface area (Å²) >= 11 is 0. The first-order chi connectivity index (χ1) is 7.37. The van der Waals surface area contributed by atoms with Gasteiger partial charge in [0.05, 0.1) is 0 Å². The second-order valence-corrected chi connectivity index (χ2v) is 6.50. The van der Waals surface area contributed by atoms with Gasteiger partial charge < -0.3 is 4.74 Å². The van der Waals surface area contributed by atoms with Crippen molar-refractivity contribution in [2.24, 2.45) is 0 Å². The molecule has 0 spiro atoms. The quantitative estimate of drug-likeness (QED) is 0.431. The number of carbonyl (C=O) groups is 1. The summed E-state index contributed by atoms with van der Waals surface area (Å²) in [4.78, 5) is 13.7. The van der Waals surface area contributed by atoms with Crippen LogP contribution in [-0.2, 0) is 9.53 Å². The van der Waals surface area contributed by atoms with E-state index in [0.29, 0.717) is 5.57 Å². The van der Waals surface area contributed by atoms with Gasteiger partial charge in [0.25, 0.3) is 0 Å². The van der Waals surface area contributed by atoms with Crippen molar-refractivity contribution in [2.75, 3.05) is 0 Å². The van der Waals surface area contributed by atoms with Crippen LogP contribution in [0.1, 0.15) is 55.4 Å². The van der Waals surface area contributed by atoms with Crippen molar-refractivity contribution >= 4 is 5.97 Å². The molecule has 17 heavy (non-hydrogen) atoms. The van der Waals surface area contributed by atoms with Crippen LogP contribution in [0.2, 0.25) is 0 Å². The third-order valence-electron chi connectivity index (χ3n) is 2.44. The number of nitrogens with zero attached hydrogens (tertiary/aromatic N) is 1. The van der Waals surface area contributed by atoms with Crippen molar-refractivity contribution in [3.63, 3.8) is 0 Å². The third-order valence-corrected chi connectivity index (χ3v) is 2.44. The molecule has 0 rings (SSSR count). The van der Waals surface area contributed by atoms with Crippen LogP contribution < -0.4 is 0 Å². The van der Waals surface area contributed by atoms with Crippen molar-refractivity contribution in [2.45, 2.75) is 72.7 Å². The minimum atomic E-state index is -0.337. The lowest BCUT2D eigenvalue weighted by Crippen LogP contribution is -2.57. The summed E-state index contributed by atoms with van der Waals surface area (Å²) in [6.07, 6.45) is -0.279. The Morgan fingerprint density at radius 2 is 1.47 bits per heavy atom. The zero-order valence-corrected chi connectivity index (χ0v) is 12.5. The fraction of sp³-hybridized carbons (Fsp3) is 0.786. The lowest BCUT2D eigenvalue weighted by molar-refractivity contribution is -0.166. The van der Waals surface area contributed by atoms with Gasteiger partial charge in [-0.1, -0.05) is 6.58 Å². The number of hydrogen-bond donors (Lipinski definition) is 0. The van der Waals surface area contributed by atoms with Crippen LogP contribution in [0.25, 0.3) is 0 Å². The molecular formula is C14H27NO2. The normalized spacial score (nSPS) is 14.6. The van der Waals surface area contributed by atoms with Gasteiger partial charge in [-0.25, -0.2) is 4.79 Å². The molecular weight excluding hydrogens is 214 g/mol. The van der Waals surface area contributed by atoms with Gasteiger partial charge in [0, 0.05) is 16.7 Å². The third kappa shape index (κ3) is 4.90. The second kappa shape index (κ2) is 5.21. The van der Waals surface area contributed by atoms with E-state index in [-0.39, 0.29) is 23.3 Å². The number of hydrogen-bond acceptors (Lipinski definition) is 3. The second-order valence-electron chi connectivity index (χ2n) is 6.50. The summed E-state index contributed by atoms with van der Waals surface area (Å²) in [6.45, 7) is 19.8. The van der Waals surface area contributed by atoms with Crippen LogP contribution in [0.15, 0.2) is 12.2 Å². The molecule has 0 saturated heterocycles. The minimum absolute atomic E-state index is 0.0764. The summed E-state index contributed by atoms with van der Waals surface area (Å²) in [5.41, 5.74) is 0.277. The average molecular weight is 241 g/mol. The SMILES string of the molecule is C=C(C)C(=O)OC(C)N(C(C)(C)C)C(C)(C)C. The van der Waals surface area contributed by atoms with E-state index in [9.17, 15) is 4.79 Å². The van der Waals surface area contributed by atoms with Crippen LogP contribution in [-0.4, -0.2) is 28.2 Å². The standard InChI is InChI=1S/C14H27NO2/c1-10(2)12(16)17-11(3)15(13(4,5)6)14(7,8)9/h11H,1H2,2-9H3. The van der Waals surface area contributed by atoms with Crippen LogP contribution in [0, 0.1) is 0 Å². The number of ether oxygens (including phenoxy) is 1. The summed E-state index contributed by atoms with van der Waals surface area (Å²) in [7, 11) is 0. The monoisotopic (exact) mass is 241 g/mol. The summed E-state index contributed by atoms with van der Waals surface area (Å²) in [5, 5.41) is 0. The smallest absolute Gasteiger partial charge is 0.334 e. The van der Waals surface area contributed by atoms with E-state index in [1.807, 2.05) is 6.92 Å². The lowest BCUT2D eigenvalue weighted by Gasteiger charge is -2.48. The molecule has 100 valence electrons. The van der Waals surface area contributed by atoms with E-state index in [4.69, 9.17) is 4.74 Å². The molecule has 0 aromatic rings. The van der Waals surface area contributed by atoms with Crippen LogP contribution >= 0.6 is 0 Å². The minimum Gasteiger partial charge on any atom is -0.443 e. The molecule has 3 nitrogen and oxygen atoms in total. The molecule has 0 N–H and O–H groups in total. The van der Waals surface area contributed by atoms with Crippen molar-refractivity contribution in [3.05, 3.63) is 12.2 Å². The number of esters is 1. The maximum atomic E-state index is 11.6. The van der Waals surface area contributed by atoms with Crippen molar-refractivity contribution in [1.82, 2.24) is 4.90 Å². The summed E-state index contributed by atoms with van der Waals surface area (Å²) < 4.78 is 5.41. The summed E-state index contributed by atoms with van der Waals surface area (Å²) in [6, 6.07) is 0. The highest BCUT2D eigenvalue weighted by atomic mass is 16.6. The highest BCUT2D eigenvalue weighted by Crippen LogP contribution is 2.28. The molecule has 0 aliphatic heterocycles. The molecule has 0 aromatic heterocycles. The van der Waals surface area contributed by atoms with E-state index in [0.717, 1.165) is 0 Å².